The molecule has 1 aliphatic rings. The van der Waals surface area contributed by atoms with Gasteiger partial charge in [0.2, 0.25) is 0 Å². The summed E-state index contributed by atoms with van der Waals surface area (Å²) in [7, 11) is 0. The van der Waals surface area contributed by atoms with Crippen LogP contribution in [-0.2, 0) is 4.74 Å². The van der Waals surface area contributed by atoms with Gasteiger partial charge in [0, 0.05) is 12.2 Å². The third kappa shape index (κ3) is 3.48. The van der Waals surface area contributed by atoms with E-state index in [1.807, 2.05) is 0 Å². The van der Waals surface area contributed by atoms with Gasteiger partial charge in [-0.05, 0) is 18.4 Å². The van der Waals surface area contributed by atoms with Gasteiger partial charge < -0.3 is 10.5 Å². The van der Waals surface area contributed by atoms with Gasteiger partial charge in [0.05, 0.1) is 12.6 Å². The van der Waals surface area contributed by atoms with Gasteiger partial charge in [0.15, 0.2) is 11.6 Å². The minimum atomic E-state index is -0.870. The number of halogens is 2. The van der Waals surface area contributed by atoms with E-state index >= 15 is 0 Å². The summed E-state index contributed by atoms with van der Waals surface area (Å²) in [6.45, 7) is 0.877. The minimum Gasteiger partial charge on any atom is -0.379 e. The van der Waals surface area contributed by atoms with Crippen LogP contribution in [0, 0.1) is 17.6 Å². The van der Waals surface area contributed by atoms with Crippen LogP contribution in [0.4, 0.5) is 8.78 Å². The van der Waals surface area contributed by atoms with Crippen molar-refractivity contribution in [3.8, 4) is 0 Å². The van der Waals surface area contributed by atoms with Crippen molar-refractivity contribution < 1.29 is 13.5 Å². The molecule has 0 spiro atoms. The molecule has 1 aliphatic carbocycles. The maximum atomic E-state index is 13.4. The van der Waals surface area contributed by atoms with E-state index in [-0.39, 0.29) is 12.2 Å². The van der Waals surface area contributed by atoms with E-state index in [9.17, 15) is 8.78 Å². The molecule has 0 heterocycles. The van der Waals surface area contributed by atoms with Gasteiger partial charge in [0.25, 0.3) is 0 Å². The van der Waals surface area contributed by atoms with E-state index < -0.39 is 17.7 Å². The Labute approximate surface area is 99.8 Å². The van der Waals surface area contributed by atoms with Crippen LogP contribution in [0.2, 0.25) is 0 Å². The lowest BCUT2D eigenvalue weighted by molar-refractivity contribution is 0.114. The lowest BCUT2D eigenvalue weighted by atomic mass is 10.1. The Morgan fingerprint density at radius 3 is 2.82 bits per heavy atom. The molecule has 2 nitrogen and oxygen atoms in total. The number of benzene rings is 1. The summed E-state index contributed by atoms with van der Waals surface area (Å²) in [4.78, 5) is 0. The Bertz CT molecular complexity index is 380. The van der Waals surface area contributed by atoms with Crippen LogP contribution >= 0.6 is 0 Å². The highest BCUT2D eigenvalue weighted by atomic mass is 19.2. The summed E-state index contributed by atoms with van der Waals surface area (Å²) in [5, 5.41) is 0. The molecule has 2 rings (SSSR count). The fourth-order valence-electron chi connectivity index (χ4n) is 1.76. The molecule has 0 aliphatic heterocycles. The van der Waals surface area contributed by atoms with Crippen LogP contribution in [0.15, 0.2) is 18.2 Å². The van der Waals surface area contributed by atoms with Crippen molar-refractivity contribution in [2.24, 2.45) is 11.7 Å². The number of nitrogens with two attached hydrogens (primary N) is 1. The molecule has 1 saturated carbocycles. The van der Waals surface area contributed by atoms with Gasteiger partial charge in [-0.2, -0.15) is 0 Å². The van der Waals surface area contributed by atoms with Crippen LogP contribution in [0.1, 0.15) is 30.9 Å². The zero-order valence-electron chi connectivity index (χ0n) is 9.66. The number of rotatable bonds is 6. The van der Waals surface area contributed by atoms with Crippen LogP contribution in [-0.4, -0.2) is 13.2 Å². The third-order valence-electron chi connectivity index (χ3n) is 3.05. The Morgan fingerprint density at radius 1 is 1.35 bits per heavy atom. The van der Waals surface area contributed by atoms with Crippen molar-refractivity contribution in [3.05, 3.63) is 35.4 Å². The van der Waals surface area contributed by atoms with Crippen molar-refractivity contribution in [1.82, 2.24) is 0 Å². The summed E-state index contributed by atoms with van der Waals surface area (Å²) in [5.74, 6) is -0.932. The molecule has 2 N–H and O–H groups in total. The summed E-state index contributed by atoms with van der Waals surface area (Å²) in [5.41, 5.74) is 5.94. The van der Waals surface area contributed by atoms with Crippen molar-refractivity contribution in [2.75, 3.05) is 13.2 Å². The second-order valence-corrected chi connectivity index (χ2v) is 4.56. The lowest BCUT2D eigenvalue weighted by Gasteiger charge is -2.13. The van der Waals surface area contributed by atoms with E-state index in [1.165, 1.54) is 25.0 Å². The molecule has 0 saturated heterocycles. The van der Waals surface area contributed by atoms with Gasteiger partial charge in [-0.15, -0.1) is 0 Å². The second-order valence-electron chi connectivity index (χ2n) is 4.56. The Kier molecular flexibility index (Phi) is 4.07. The van der Waals surface area contributed by atoms with Crippen LogP contribution in [0.5, 0.6) is 0 Å². The Balaban J connectivity index is 1.81. The van der Waals surface area contributed by atoms with Crippen LogP contribution in [0.25, 0.3) is 0 Å². The van der Waals surface area contributed by atoms with Gasteiger partial charge in [-0.25, -0.2) is 8.78 Å². The summed E-state index contributed by atoms with van der Waals surface area (Å²) >= 11 is 0. The van der Waals surface area contributed by atoms with E-state index in [0.717, 1.165) is 18.4 Å². The van der Waals surface area contributed by atoms with E-state index in [4.69, 9.17) is 10.5 Å². The number of hydrogen-bond acceptors (Lipinski definition) is 2. The maximum Gasteiger partial charge on any atom is 0.163 e. The molecule has 1 atom stereocenters. The molecule has 1 unspecified atom stereocenters. The minimum absolute atomic E-state index is 0.177. The average molecular weight is 241 g/mol. The molecule has 1 fully saturated rings. The third-order valence-corrected chi connectivity index (χ3v) is 3.05. The van der Waals surface area contributed by atoms with E-state index in [2.05, 4.69) is 0 Å². The SMILES string of the molecule is NC(COCCC1CC1)c1cccc(F)c1F. The largest absolute Gasteiger partial charge is 0.379 e. The Morgan fingerprint density at radius 2 is 2.12 bits per heavy atom. The summed E-state index contributed by atoms with van der Waals surface area (Å²) in [6, 6.07) is 3.43. The van der Waals surface area contributed by atoms with E-state index in [1.54, 1.807) is 0 Å². The molecule has 17 heavy (non-hydrogen) atoms. The quantitative estimate of drug-likeness (QED) is 0.777. The first-order valence-electron chi connectivity index (χ1n) is 5.95. The van der Waals surface area contributed by atoms with E-state index in [0.29, 0.717) is 6.61 Å². The molecule has 4 heteroatoms. The van der Waals surface area contributed by atoms with Gasteiger partial charge in [-0.1, -0.05) is 25.0 Å². The molecule has 94 valence electrons. The highest BCUT2D eigenvalue weighted by Crippen LogP contribution is 2.32. The van der Waals surface area contributed by atoms with Crippen molar-refractivity contribution in [3.63, 3.8) is 0 Å². The van der Waals surface area contributed by atoms with Gasteiger partial charge >= 0.3 is 0 Å². The van der Waals surface area contributed by atoms with Gasteiger partial charge in [0.1, 0.15) is 0 Å². The van der Waals surface area contributed by atoms with Crippen molar-refractivity contribution >= 4 is 0 Å². The fraction of sp³-hybridized carbons (Fsp3) is 0.538. The molecule has 0 amide bonds. The lowest BCUT2D eigenvalue weighted by Crippen LogP contribution is -2.19. The van der Waals surface area contributed by atoms with Gasteiger partial charge in [-0.3, -0.25) is 0 Å². The smallest absolute Gasteiger partial charge is 0.163 e. The summed E-state index contributed by atoms with van der Waals surface area (Å²) in [6.07, 6.45) is 3.61. The molecular weight excluding hydrogens is 224 g/mol. The normalized spacial score (nSPS) is 17.1. The van der Waals surface area contributed by atoms with Crippen molar-refractivity contribution in [2.45, 2.75) is 25.3 Å². The first kappa shape index (κ1) is 12.5. The fourth-order valence-corrected chi connectivity index (χ4v) is 1.76. The predicted molar refractivity (Wildman–Crippen MR) is 61.4 cm³/mol. The highest BCUT2D eigenvalue weighted by Gasteiger charge is 2.21. The zero-order chi connectivity index (χ0) is 12.3. The maximum absolute atomic E-state index is 13.4. The highest BCUT2D eigenvalue weighted by molar-refractivity contribution is 5.22. The standard InChI is InChI=1S/C13H17F2NO/c14-11-3-1-2-10(13(11)15)12(16)8-17-7-6-9-4-5-9/h1-3,9,12H,4-8,16H2. The van der Waals surface area contributed by atoms with Crippen LogP contribution in [0.3, 0.4) is 0 Å². The topological polar surface area (TPSA) is 35.2 Å². The molecule has 0 aromatic heterocycles. The second kappa shape index (κ2) is 5.56. The molecule has 1 aromatic carbocycles. The number of hydrogen-bond donors (Lipinski definition) is 1. The first-order valence-corrected chi connectivity index (χ1v) is 5.95. The average Bonchev–Trinajstić information content (AvgIpc) is 3.12. The molecule has 1 aromatic rings. The molecule has 0 bridgehead atoms. The predicted octanol–water partition coefficient (Wildman–Crippen LogP) is 2.78. The Hall–Kier alpha value is -1.00. The monoisotopic (exact) mass is 241 g/mol. The number of ether oxygens (including phenoxy) is 1. The first-order chi connectivity index (χ1) is 8.18. The summed E-state index contributed by atoms with van der Waals surface area (Å²) < 4.78 is 31.7. The zero-order valence-corrected chi connectivity index (χ0v) is 9.66. The van der Waals surface area contributed by atoms with Crippen LogP contribution < -0.4 is 5.73 Å². The van der Waals surface area contributed by atoms with Crippen molar-refractivity contribution in [1.29, 1.82) is 0 Å². The molecule has 0 radical (unpaired) electrons. The molecular formula is C13H17F2NO.